The molecule has 0 aromatic heterocycles. The molecule has 2 rings (SSSR count). The summed E-state index contributed by atoms with van der Waals surface area (Å²) in [4.78, 5) is 0. The molecular formula is C12H13NO4S. The minimum absolute atomic E-state index is 0.305. The van der Waals surface area contributed by atoms with Crippen LogP contribution in [0.15, 0.2) is 24.3 Å². The molecule has 0 bridgehead atoms. The van der Waals surface area contributed by atoms with Gasteiger partial charge in [-0.2, -0.15) is 5.26 Å². The summed E-state index contributed by atoms with van der Waals surface area (Å²) >= 11 is 1.24. The second-order valence-corrected chi connectivity index (χ2v) is 5.14. The third-order valence-electron chi connectivity index (χ3n) is 2.69. The van der Waals surface area contributed by atoms with E-state index in [4.69, 9.17) is 10.00 Å². The summed E-state index contributed by atoms with van der Waals surface area (Å²) in [6.45, 7) is 0. The molecule has 96 valence electrons. The summed E-state index contributed by atoms with van der Waals surface area (Å²) in [5, 5.41) is 37.3. The first-order valence-corrected chi connectivity index (χ1v) is 6.49. The van der Waals surface area contributed by atoms with Gasteiger partial charge >= 0.3 is 0 Å². The Morgan fingerprint density at radius 3 is 2.44 bits per heavy atom. The lowest BCUT2D eigenvalue weighted by Crippen LogP contribution is -2.50. The van der Waals surface area contributed by atoms with Crippen LogP contribution in [0, 0.1) is 11.3 Å². The molecule has 1 fully saturated rings. The van der Waals surface area contributed by atoms with Gasteiger partial charge in [-0.25, -0.2) is 0 Å². The minimum atomic E-state index is -1.20. The van der Waals surface area contributed by atoms with E-state index in [1.165, 1.54) is 11.8 Å². The third kappa shape index (κ3) is 2.76. The normalized spacial score (nSPS) is 31.7. The van der Waals surface area contributed by atoms with Crippen LogP contribution in [0.2, 0.25) is 0 Å². The number of nitrogens with zero attached hydrogens (tertiary/aromatic N) is 1. The van der Waals surface area contributed by atoms with Gasteiger partial charge in [0.05, 0.1) is 17.7 Å². The summed E-state index contributed by atoms with van der Waals surface area (Å²) in [6, 6.07) is 8.48. The topological polar surface area (TPSA) is 93.7 Å². The van der Waals surface area contributed by atoms with Gasteiger partial charge in [0, 0.05) is 5.75 Å². The predicted octanol–water partition coefficient (Wildman–Crippen LogP) is 0.0927. The van der Waals surface area contributed by atoms with E-state index >= 15 is 0 Å². The molecule has 1 aliphatic heterocycles. The Balaban J connectivity index is 2.02. The number of thioether (sulfide) groups is 1. The van der Waals surface area contributed by atoms with E-state index in [-0.39, 0.29) is 0 Å². The summed E-state index contributed by atoms with van der Waals surface area (Å²) < 4.78 is 5.52. The lowest BCUT2D eigenvalue weighted by Gasteiger charge is -2.34. The Kier molecular flexibility index (Phi) is 4.09. The Morgan fingerprint density at radius 2 is 1.83 bits per heavy atom. The monoisotopic (exact) mass is 267 g/mol. The number of hydrogen-bond acceptors (Lipinski definition) is 6. The number of hydrogen-bond donors (Lipinski definition) is 3. The van der Waals surface area contributed by atoms with Crippen molar-refractivity contribution in [3.63, 3.8) is 0 Å². The molecule has 0 radical (unpaired) electrons. The maximum absolute atomic E-state index is 9.76. The van der Waals surface area contributed by atoms with Gasteiger partial charge in [0.25, 0.3) is 0 Å². The van der Waals surface area contributed by atoms with Crippen molar-refractivity contribution < 1.29 is 20.1 Å². The number of benzene rings is 1. The quantitative estimate of drug-likeness (QED) is 0.703. The fourth-order valence-corrected chi connectivity index (χ4v) is 2.75. The van der Waals surface area contributed by atoms with Crippen molar-refractivity contribution >= 4 is 11.8 Å². The molecule has 1 aromatic carbocycles. The van der Waals surface area contributed by atoms with E-state index in [2.05, 4.69) is 0 Å². The van der Waals surface area contributed by atoms with Crippen molar-refractivity contribution in [3.05, 3.63) is 29.8 Å². The van der Waals surface area contributed by atoms with Crippen molar-refractivity contribution in [2.24, 2.45) is 0 Å². The molecule has 1 aromatic rings. The van der Waals surface area contributed by atoms with Crippen LogP contribution in [0.5, 0.6) is 5.75 Å². The van der Waals surface area contributed by atoms with Gasteiger partial charge in [0.15, 0.2) is 5.44 Å². The highest BCUT2D eigenvalue weighted by molar-refractivity contribution is 7.99. The maximum Gasteiger partial charge on any atom is 0.173 e. The Labute approximate surface area is 109 Å². The van der Waals surface area contributed by atoms with Crippen LogP contribution in [0.4, 0.5) is 0 Å². The van der Waals surface area contributed by atoms with Crippen LogP contribution in [0.1, 0.15) is 5.56 Å². The van der Waals surface area contributed by atoms with Crippen molar-refractivity contribution in [2.75, 3.05) is 5.75 Å². The molecule has 6 heteroatoms. The van der Waals surface area contributed by atoms with E-state index in [0.717, 1.165) is 0 Å². The van der Waals surface area contributed by atoms with Gasteiger partial charge in [0.1, 0.15) is 18.0 Å². The Hall–Kier alpha value is -1.26. The van der Waals surface area contributed by atoms with Crippen molar-refractivity contribution in [1.82, 2.24) is 0 Å². The van der Waals surface area contributed by atoms with Crippen molar-refractivity contribution in [3.8, 4) is 11.8 Å². The van der Waals surface area contributed by atoms with E-state index < -0.39 is 23.7 Å². The standard InChI is InChI=1S/C12H13NO4S/c13-5-7-1-3-8(4-2-7)17-12-11(16)10(15)9(14)6-18-12/h1-4,9-12,14-16H,6H2/t9-,10+,11-,12+/m1/s1. The molecule has 1 heterocycles. The predicted molar refractivity (Wildman–Crippen MR) is 66.1 cm³/mol. The summed E-state index contributed by atoms with van der Waals surface area (Å²) in [7, 11) is 0. The first-order chi connectivity index (χ1) is 8.61. The van der Waals surface area contributed by atoms with E-state index in [1.807, 2.05) is 6.07 Å². The van der Waals surface area contributed by atoms with Crippen LogP contribution in [-0.4, -0.2) is 44.8 Å². The lowest BCUT2D eigenvalue weighted by molar-refractivity contribution is -0.0786. The molecule has 1 aliphatic rings. The van der Waals surface area contributed by atoms with Crippen LogP contribution >= 0.6 is 11.8 Å². The van der Waals surface area contributed by atoms with Crippen LogP contribution in [0.25, 0.3) is 0 Å². The maximum atomic E-state index is 9.76. The zero-order valence-corrected chi connectivity index (χ0v) is 10.2. The summed E-state index contributed by atoms with van der Waals surface area (Å²) in [6.07, 6.45) is -3.28. The Morgan fingerprint density at radius 1 is 1.17 bits per heavy atom. The fourth-order valence-electron chi connectivity index (χ4n) is 1.63. The van der Waals surface area contributed by atoms with Crippen molar-refractivity contribution in [2.45, 2.75) is 23.7 Å². The molecule has 1 saturated heterocycles. The van der Waals surface area contributed by atoms with Gasteiger partial charge < -0.3 is 20.1 Å². The molecular weight excluding hydrogens is 254 g/mol. The first kappa shape index (κ1) is 13.2. The molecule has 0 spiro atoms. The number of nitriles is 1. The molecule has 0 amide bonds. The molecule has 0 unspecified atom stereocenters. The summed E-state index contributed by atoms with van der Waals surface area (Å²) in [5.74, 6) is 0.813. The molecule has 5 nitrogen and oxygen atoms in total. The second-order valence-electron chi connectivity index (χ2n) is 4.00. The largest absolute Gasteiger partial charge is 0.477 e. The summed E-state index contributed by atoms with van der Waals surface area (Å²) in [5.41, 5.74) is -0.106. The molecule has 0 aliphatic carbocycles. The number of rotatable bonds is 2. The highest BCUT2D eigenvalue weighted by Gasteiger charge is 2.38. The number of aliphatic hydroxyl groups excluding tert-OH is 3. The third-order valence-corrected chi connectivity index (χ3v) is 3.93. The average Bonchev–Trinajstić information content (AvgIpc) is 2.40. The Bertz CT molecular complexity index is 444. The van der Waals surface area contributed by atoms with Gasteiger partial charge in [-0.1, -0.05) is 0 Å². The van der Waals surface area contributed by atoms with Gasteiger partial charge in [-0.05, 0) is 24.3 Å². The second kappa shape index (κ2) is 5.59. The number of aliphatic hydroxyl groups is 3. The molecule has 18 heavy (non-hydrogen) atoms. The van der Waals surface area contributed by atoms with Crippen molar-refractivity contribution in [1.29, 1.82) is 5.26 Å². The van der Waals surface area contributed by atoms with Crippen LogP contribution in [0.3, 0.4) is 0 Å². The highest BCUT2D eigenvalue weighted by atomic mass is 32.2. The van der Waals surface area contributed by atoms with E-state index in [1.54, 1.807) is 24.3 Å². The van der Waals surface area contributed by atoms with E-state index in [0.29, 0.717) is 17.1 Å². The SMILES string of the molecule is N#Cc1ccc(O[C@H]2SC[C@@H](O)[C@H](O)[C@H]2O)cc1. The lowest BCUT2D eigenvalue weighted by atomic mass is 10.1. The van der Waals surface area contributed by atoms with Gasteiger partial charge in [0.2, 0.25) is 0 Å². The van der Waals surface area contributed by atoms with Crippen LogP contribution < -0.4 is 4.74 Å². The first-order valence-electron chi connectivity index (χ1n) is 5.44. The van der Waals surface area contributed by atoms with Crippen LogP contribution in [-0.2, 0) is 0 Å². The number of ether oxygens (including phenoxy) is 1. The zero-order chi connectivity index (χ0) is 13.1. The highest BCUT2D eigenvalue weighted by Crippen LogP contribution is 2.29. The minimum Gasteiger partial charge on any atom is -0.477 e. The van der Waals surface area contributed by atoms with Gasteiger partial charge in [-0.15, -0.1) is 11.8 Å². The molecule has 4 atom stereocenters. The van der Waals surface area contributed by atoms with Gasteiger partial charge in [-0.3, -0.25) is 0 Å². The fraction of sp³-hybridized carbons (Fsp3) is 0.417. The smallest absolute Gasteiger partial charge is 0.173 e. The van der Waals surface area contributed by atoms with E-state index in [9.17, 15) is 15.3 Å². The molecule has 3 N–H and O–H groups in total. The molecule has 0 saturated carbocycles. The zero-order valence-electron chi connectivity index (χ0n) is 9.43. The average molecular weight is 267 g/mol.